The second kappa shape index (κ2) is 10.7. The van der Waals surface area contributed by atoms with E-state index in [2.05, 4.69) is 4.99 Å². The number of aliphatic imine (C=N–C) groups is 1. The van der Waals surface area contributed by atoms with Gasteiger partial charge in [-0.1, -0.05) is 12.1 Å². The Balaban J connectivity index is 0.00000420. The molecule has 0 bridgehead atoms. The quantitative estimate of drug-likeness (QED) is 0.378. The summed E-state index contributed by atoms with van der Waals surface area (Å²) in [5.41, 5.74) is 7.24. The molecular formula is C20H32IN5O3. The zero-order chi connectivity index (χ0) is 20.9. The molecule has 1 aliphatic rings. The monoisotopic (exact) mass is 517 g/mol. The molecule has 0 aromatic heterocycles. The number of benzene rings is 1. The molecule has 29 heavy (non-hydrogen) atoms. The Kier molecular flexibility index (Phi) is 9.18. The standard InChI is InChI=1S/C20H31N5O3.HI/c1-20(2,3)28-19(27)25-12-10-24(11-13-25)18(21)22-14-15-6-8-16(9-7-15)17(26)23(4)5;/h6-9H,10-14H2,1-5H3,(H2,21,22);1H. The van der Waals surface area contributed by atoms with Crippen LogP contribution in [0.1, 0.15) is 36.7 Å². The highest BCUT2D eigenvalue weighted by atomic mass is 127. The van der Waals surface area contributed by atoms with Crippen LogP contribution in [-0.4, -0.2) is 78.5 Å². The minimum absolute atomic E-state index is 0. The number of halogens is 1. The Morgan fingerprint density at radius 2 is 1.59 bits per heavy atom. The van der Waals surface area contributed by atoms with Crippen LogP contribution >= 0.6 is 24.0 Å². The lowest BCUT2D eigenvalue weighted by Crippen LogP contribution is -2.53. The molecule has 0 radical (unpaired) electrons. The summed E-state index contributed by atoms with van der Waals surface area (Å²) in [6.45, 7) is 8.33. The Morgan fingerprint density at radius 1 is 1.07 bits per heavy atom. The number of hydrogen-bond donors (Lipinski definition) is 1. The summed E-state index contributed by atoms with van der Waals surface area (Å²) >= 11 is 0. The van der Waals surface area contributed by atoms with Crippen LogP contribution in [0.4, 0.5) is 4.79 Å². The van der Waals surface area contributed by atoms with Crippen LogP contribution < -0.4 is 5.73 Å². The molecule has 0 atom stereocenters. The largest absolute Gasteiger partial charge is 0.444 e. The second-order valence-corrected chi connectivity index (χ2v) is 8.03. The Labute approximate surface area is 190 Å². The number of piperazine rings is 1. The summed E-state index contributed by atoms with van der Waals surface area (Å²) in [5, 5.41) is 0. The summed E-state index contributed by atoms with van der Waals surface area (Å²) in [6.07, 6.45) is -0.296. The van der Waals surface area contributed by atoms with Crippen LogP contribution in [0.5, 0.6) is 0 Å². The Bertz CT molecular complexity index is 721. The zero-order valence-electron chi connectivity index (χ0n) is 17.8. The first-order valence-corrected chi connectivity index (χ1v) is 9.40. The minimum atomic E-state index is -0.499. The highest BCUT2D eigenvalue weighted by Crippen LogP contribution is 2.12. The van der Waals surface area contributed by atoms with Gasteiger partial charge in [-0.05, 0) is 38.5 Å². The maximum absolute atomic E-state index is 12.1. The van der Waals surface area contributed by atoms with E-state index in [1.165, 1.54) is 0 Å². The third kappa shape index (κ3) is 7.71. The fourth-order valence-electron chi connectivity index (χ4n) is 2.73. The van der Waals surface area contributed by atoms with Gasteiger partial charge in [0.1, 0.15) is 5.60 Å². The molecule has 1 aromatic rings. The molecule has 1 heterocycles. The third-order valence-electron chi connectivity index (χ3n) is 4.29. The molecule has 2 N–H and O–H groups in total. The number of nitrogens with zero attached hydrogens (tertiary/aromatic N) is 4. The maximum atomic E-state index is 12.1. The van der Waals surface area contributed by atoms with E-state index in [0.717, 1.165) is 5.56 Å². The number of hydrogen-bond acceptors (Lipinski definition) is 4. The van der Waals surface area contributed by atoms with E-state index in [-0.39, 0.29) is 36.0 Å². The lowest BCUT2D eigenvalue weighted by atomic mass is 10.1. The molecule has 0 unspecified atom stereocenters. The number of rotatable bonds is 3. The van der Waals surface area contributed by atoms with Crippen molar-refractivity contribution in [1.82, 2.24) is 14.7 Å². The fourth-order valence-corrected chi connectivity index (χ4v) is 2.73. The summed E-state index contributed by atoms with van der Waals surface area (Å²) in [5.74, 6) is 0.426. The number of ether oxygens (including phenoxy) is 1. The average Bonchev–Trinajstić information content (AvgIpc) is 2.64. The third-order valence-corrected chi connectivity index (χ3v) is 4.29. The molecule has 1 saturated heterocycles. The molecule has 2 rings (SSSR count). The SMILES string of the molecule is CN(C)C(=O)c1ccc(CN=C(N)N2CCN(C(=O)OC(C)(C)C)CC2)cc1.I. The highest BCUT2D eigenvalue weighted by molar-refractivity contribution is 14.0. The first-order chi connectivity index (χ1) is 13.1. The van der Waals surface area contributed by atoms with Gasteiger partial charge in [0, 0.05) is 45.8 Å². The van der Waals surface area contributed by atoms with Crippen molar-refractivity contribution in [2.75, 3.05) is 40.3 Å². The van der Waals surface area contributed by atoms with E-state index in [4.69, 9.17) is 10.5 Å². The van der Waals surface area contributed by atoms with Gasteiger partial charge in [-0.25, -0.2) is 9.79 Å². The molecule has 1 aliphatic heterocycles. The van der Waals surface area contributed by atoms with Gasteiger partial charge in [0.05, 0.1) is 6.54 Å². The van der Waals surface area contributed by atoms with E-state index in [0.29, 0.717) is 44.2 Å². The predicted molar refractivity (Wildman–Crippen MR) is 125 cm³/mol. The van der Waals surface area contributed by atoms with Crippen molar-refractivity contribution < 1.29 is 14.3 Å². The molecule has 8 nitrogen and oxygen atoms in total. The highest BCUT2D eigenvalue weighted by Gasteiger charge is 2.26. The summed E-state index contributed by atoms with van der Waals surface area (Å²) in [4.78, 5) is 33.7. The van der Waals surface area contributed by atoms with Gasteiger partial charge < -0.3 is 25.2 Å². The molecule has 1 aromatic carbocycles. The number of carbonyl (C=O) groups is 2. The fraction of sp³-hybridized carbons (Fsp3) is 0.550. The first-order valence-electron chi connectivity index (χ1n) is 9.40. The van der Waals surface area contributed by atoms with Crippen molar-refractivity contribution in [3.8, 4) is 0 Å². The molecular weight excluding hydrogens is 485 g/mol. The maximum Gasteiger partial charge on any atom is 0.410 e. The molecule has 1 fully saturated rings. The van der Waals surface area contributed by atoms with E-state index >= 15 is 0 Å². The van der Waals surface area contributed by atoms with Gasteiger partial charge in [-0.3, -0.25) is 4.79 Å². The van der Waals surface area contributed by atoms with Gasteiger partial charge in [0.15, 0.2) is 5.96 Å². The smallest absolute Gasteiger partial charge is 0.410 e. The molecule has 2 amide bonds. The van der Waals surface area contributed by atoms with Gasteiger partial charge in [0.2, 0.25) is 0 Å². The van der Waals surface area contributed by atoms with Crippen molar-refractivity contribution in [3.05, 3.63) is 35.4 Å². The topological polar surface area (TPSA) is 91.5 Å². The summed E-state index contributed by atoms with van der Waals surface area (Å²) < 4.78 is 5.40. The van der Waals surface area contributed by atoms with Crippen molar-refractivity contribution in [2.45, 2.75) is 32.9 Å². The van der Waals surface area contributed by atoms with Gasteiger partial charge >= 0.3 is 6.09 Å². The van der Waals surface area contributed by atoms with Crippen molar-refractivity contribution >= 4 is 41.9 Å². The second-order valence-electron chi connectivity index (χ2n) is 8.03. The number of nitrogens with two attached hydrogens (primary N) is 1. The lowest BCUT2D eigenvalue weighted by molar-refractivity contribution is 0.0186. The number of carbonyl (C=O) groups excluding carboxylic acids is 2. The average molecular weight is 517 g/mol. The molecule has 9 heteroatoms. The lowest BCUT2D eigenvalue weighted by Gasteiger charge is -2.36. The van der Waals surface area contributed by atoms with Crippen LogP contribution in [0.15, 0.2) is 29.3 Å². The first kappa shape index (κ1) is 25.0. The van der Waals surface area contributed by atoms with Crippen molar-refractivity contribution in [2.24, 2.45) is 10.7 Å². The van der Waals surface area contributed by atoms with Crippen molar-refractivity contribution in [3.63, 3.8) is 0 Å². The van der Waals surface area contributed by atoms with E-state index in [9.17, 15) is 9.59 Å². The number of amides is 2. The molecule has 0 saturated carbocycles. The van der Waals surface area contributed by atoms with Crippen LogP contribution in [0, 0.1) is 0 Å². The van der Waals surface area contributed by atoms with Gasteiger partial charge in [0.25, 0.3) is 5.91 Å². The Hall–Kier alpha value is -2.04. The van der Waals surface area contributed by atoms with Crippen LogP contribution in [0.3, 0.4) is 0 Å². The van der Waals surface area contributed by atoms with Gasteiger partial charge in [-0.2, -0.15) is 0 Å². The molecule has 162 valence electrons. The molecule has 0 spiro atoms. The van der Waals surface area contributed by atoms with Crippen LogP contribution in [-0.2, 0) is 11.3 Å². The molecule has 0 aliphatic carbocycles. The van der Waals surface area contributed by atoms with Crippen LogP contribution in [0.2, 0.25) is 0 Å². The van der Waals surface area contributed by atoms with E-state index < -0.39 is 5.60 Å². The summed E-state index contributed by atoms with van der Waals surface area (Å²) in [6, 6.07) is 7.36. The van der Waals surface area contributed by atoms with E-state index in [1.54, 1.807) is 36.0 Å². The predicted octanol–water partition coefficient (Wildman–Crippen LogP) is 2.37. The summed E-state index contributed by atoms with van der Waals surface area (Å²) in [7, 11) is 3.45. The Morgan fingerprint density at radius 3 is 2.07 bits per heavy atom. The zero-order valence-corrected chi connectivity index (χ0v) is 20.2. The van der Waals surface area contributed by atoms with Gasteiger partial charge in [-0.15, -0.1) is 24.0 Å². The minimum Gasteiger partial charge on any atom is -0.444 e. The number of guanidine groups is 1. The van der Waals surface area contributed by atoms with Crippen LogP contribution in [0.25, 0.3) is 0 Å². The van der Waals surface area contributed by atoms with Crippen molar-refractivity contribution in [1.29, 1.82) is 0 Å². The van der Waals surface area contributed by atoms with E-state index in [1.807, 2.05) is 37.8 Å². The normalized spacial score (nSPS) is 14.9.